The van der Waals surface area contributed by atoms with Gasteiger partial charge in [-0.05, 0) is 42.5 Å². The minimum atomic E-state index is -0.223. The maximum atomic E-state index is 13.5. The number of halogens is 1. The van der Waals surface area contributed by atoms with Gasteiger partial charge in [-0.2, -0.15) is 0 Å². The lowest BCUT2D eigenvalue weighted by Crippen LogP contribution is -2.06. The molecule has 2 heteroatoms. The Hall–Kier alpha value is -1.44. The van der Waals surface area contributed by atoms with E-state index in [9.17, 15) is 9.18 Å². The topological polar surface area (TPSA) is 17.1 Å². The van der Waals surface area contributed by atoms with Gasteiger partial charge < -0.3 is 0 Å². The zero-order chi connectivity index (χ0) is 10.1. The van der Waals surface area contributed by atoms with Gasteiger partial charge in [-0.3, -0.25) is 4.79 Å². The average molecular weight is 190 g/mol. The molecule has 0 N–H and O–H groups in total. The zero-order valence-electron chi connectivity index (χ0n) is 8.01. The Morgan fingerprint density at radius 1 is 1.36 bits per heavy atom. The quantitative estimate of drug-likeness (QED) is 0.622. The highest BCUT2D eigenvalue weighted by atomic mass is 19.1. The third-order valence-corrected chi connectivity index (χ3v) is 2.76. The number of hydrogen-bond acceptors (Lipinski definition) is 1. The van der Waals surface area contributed by atoms with Crippen LogP contribution < -0.4 is 0 Å². The van der Waals surface area contributed by atoms with Crippen LogP contribution in [0.5, 0.6) is 0 Å². The molecule has 72 valence electrons. The van der Waals surface area contributed by atoms with E-state index in [1.54, 1.807) is 6.07 Å². The number of carbonyl (C=O) groups is 1. The summed E-state index contributed by atoms with van der Waals surface area (Å²) in [6, 6.07) is 5.08. The van der Waals surface area contributed by atoms with E-state index in [4.69, 9.17) is 0 Å². The van der Waals surface area contributed by atoms with Crippen LogP contribution in [0.3, 0.4) is 0 Å². The van der Waals surface area contributed by atoms with Gasteiger partial charge in [-0.15, -0.1) is 0 Å². The summed E-state index contributed by atoms with van der Waals surface area (Å²) >= 11 is 0. The number of benzene rings is 1. The minimum absolute atomic E-state index is 0.223. The van der Waals surface area contributed by atoms with Crippen LogP contribution in [0.4, 0.5) is 4.39 Å². The first-order valence-electron chi connectivity index (χ1n) is 4.66. The lowest BCUT2D eigenvalue weighted by atomic mass is 9.86. The molecule has 1 aromatic rings. The Kier molecular flexibility index (Phi) is 2.20. The summed E-state index contributed by atoms with van der Waals surface area (Å²) in [7, 11) is 0. The number of rotatable bonds is 1. The Morgan fingerprint density at radius 3 is 2.86 bits per heavy atom. The van der Waals surface area contributed by atoms with Crippen molar-refractivity contribution in [2.45, 2.75) is 19.8 Å². The molecule has 0 atom stereocenters. The summed E-state index contributed by atoms with van der Waals surface area (Å²) in [6.07, 6.45) is 2.33. The van der Waals surface area contributed by atoms with Gasteiger partial charge in [0.2, 0.25) is 0 Å². The lowest BCUT2D eigenvalue weighted by molar-refractivity contribution is -0.105. The normalized spacial score (nSPS) is 15.3. The molecule has 1 aliphatic rings. The summed E-state index contributed by atoms with van der Waals surface area (Å²) < 4.78 is 13.5. The third-order valence-electron chi connectivity index (χ3n) is 2.76. The van der Waals surface area contributed by atoms with E-state index in [2.05, 4.69) is 0 Å². The molecular weight excluding hydrogens is 179 g/mol. The zero-order valence-corrected chi connectivity index (χ0v) is 8.01. The van der Waals surface area contributed by atoms with Gasteiger partial charge in [0.25, 0.3) is 0 Å². The molecule has 1 aliphatic carbocycles. The van der Waals surface area contributed by atoms with Gasteiger partial charge in [-0.1, -0.05) is 12.1 Å². The second-order valence-corrected chi connectivity index (χ2v) is 3.54. The van der Waals surface area contributed by atoms with Crippen LogP contribution in [0.2, 0.25) is 0 Å². The van der Waals surface area contributed by atoms with Crippen LogP contribution >= 0.6 is 0 Å². The largest absolute Gasteiger partial charge is 0.298 e. The molecule has 0 aliphatic heterocycles. The number of hydrogen-bond donors (Lipinski definition) is 0. The number of aldehydes is 1. The summed E-state index contributed by atoms with van der Waals surface area (Å²) in [4.78, 5) is 10.7. The van der Waals surface area contributed by atoms with Crippen LogP contribution in [-0.4, -0.2) is 6.29 Å². The fraction of sp³-hybridized carbons (Fsp3) is 0.250. The maximum absolute atomic E-state index is 13.5. The number of fused-ring (bicyclic) bond motifs is 1. The monoisotopic (exact) mass is 190 g/mol. The van der Waals surface area contributed by atoms with Crippen molar-refractivity contribution in [1.29, 1.82) is 0 Å². The van der Waals surface area contributed by atoms with Crippen LogP contribution in [0.25, 0.3) is 5.57 Å². The van der Waals surface area contributed by atoms with Crippen molar-refractivity contribution in [3.63, 3.8) is 0 Å². The summed E-state index contributed by atoms with van der Waals surface area (Å²) in [5.41, 5.74) is 3.15. The lowest BCUT2D eigenvalue weighted by Gasteiger charge is -2.18. The molecule has 0 spiro atoms. The third kappa shape index (κ3) is 1.27. The number of carbonyl (C=O) groups excluding carboxylic acids is 1. The van der Waals surface area contributed by atoms with Crippen LogP contribution in [-0.2, 0) is 11.2 Å². The minimum Gasteiger partial charge on any atom is -0.298 e. The summed E-state index contributed by atoms with van der Waals surface area (Å²) in [5, 5.41) is 0. The second kappa shape index (κ2) is 3.37. The van der Waals surface area contributed by atoms with Gasteiger partial charge >= 0.3 is 0 Å². The molecule has 2 rings (SSSR count). The highest BCUT2D eigenvalue weighted by Gasteiger charge is 2.18. The Labute approximate surface area is 82.3 Å². The van der Waals surface area contributed by atoms with Crippen LogP contribution in [0, 0.1) is 5.82 Å². The first-order valence-corrected chi connectivity index (χ1v) is 4.66. The Morgan fingerprint density at radius 2 is 2.14 bits per heavy atom. The van der Waals surface area contributed by atoms with Crippen LogP contribution in [0.1, 0.15) is 24.5 Å². The predicted molar refractivity (Wildman–Crippen MR) is 53.4 cm³/mol. The number of aryl methyl sites for hydroxylation is 1. The molecule has 0 aromatic heterocycles. The standard InChI is InChI=1S/C12H11FO/c1-8-10(7-14)6-5-9-3-2-4-11(13)12(8)9/h2-4,7H,5-6H2,1H3. The fourth-order valence-electron chi connectivity index (χ4n) is 1.96. The van der Waals surface area contributed by atoms with E-state index in [-0.39, 0.29) is 5.82 Å². The van der Waals surface area contributed by atoms with E-state index in [0.717, 1.165) is 35.8 Å². The van der Waals surface area contributed by atoms with Crippen molar-refractivity contribution in [3.05, 3.63) is 40.7 Å². The van der Waals surface area contributed by atoms with E-state index in [1.807, 2.05) is 13.0 Å². The van der Waals surface area contributed by atoms with Gasteiger partial charge in [-0.25, -0.2) is 4.39 Å². The molecule has 0 amide bonds. The molecule has 0 radical (unpaired) electrons. The fourth-order valence-corrected chi connectivity index (χ4v) is 1.96. The summed E-state index contributed by atoms with van der Waals surface area (Å²) in [5.74, 6) is -0.223. The Balaban J connectivity index is 2.66. The Bertz CT molecular complexity index is 418. The van der Waals surface area contributed by atoms with Crippen molar-refractivity contribution in [2.24, 2.45) is 0 Å². The van der Waals surface area contributed by atoms with Crippen molar-refractivity contribution in [3.8, 4) is 0 Å². The first-order chi connectivity index (χ1) is 6.74. The molecular formula is C12H11FO. The van der Waals surface area contributed by atoms with Crippen molar-refractivity contribution in [2.75, 3.05) is 0 Å². The van der Waals surface area contributed by atoms with Gasteiger partial charge in [0.15, 0.2) is 0 Å². The van der Waals surface area contributed by atoms with E-state index >= 15 is 0 Å². The predicted octanol–water partition coefficient (Wildman–Crippen LogP) is 2.74. The van der Waals surface area contributed by atoms with Gasteiger partial charge in [0.1, 0.15) is 12.1 Å². The van der Waals surface area contributed by atoms with E-state index in [1.165, 1.54) is 6.07 Å². The molecule has 1 nitrogen and oxygen atoms in total. The average Bonchev–Trinajstić information content (AvgIpc) is 2.18. The molecule has 0 heterocycles. The summed E-state index contributed by atoms with van der Waals surface area (Å²) in [6.45, 7) is 1.81. The highest BCUT2D eigenvalue weighted by Crippen LogP contribution is 2.31. The van der Waals surface area contributed by atoms with Crippen LogP contribution in [0.15, 0.2) is 23.8 Å². The molecule has 1 aromatic carbocycles. The molecule has 14 heavy (non-hydrogen) atoms. The highest BCUT2D eigenvalue weighted by molar-refractivity contribution is 5.89. The van der Waals surface area contributed by atoms with E-state index < -0.39 is 0 Å². The molecule has 0 unspecified atom stereocenters. The number of allylic oxidation sites excluding steroid dienone is 2. The second-order valence-electron chi connectivity index (χ2n) is 3.54. The van der Waals surface area contributed by atoms with E-state index in [0.29, 0.717) is 5.56 Å². The first kappa shape index (κ1) is 9.13. The van der Waals surface area contributed by atoms with Crippen molar-refractivity contribution in [1.82, 2.24) is 0 Å². The van der Waals surface area contributed by atoms with Crippen molar-refractivity contribution >= 4 is 11.9 Å². The molecule has 0 saturated carbocycles. The van der Waals surface area contributed by atoms with Gasteiger partial charge in [0, 0.05) is 5.56 Å². The molecule has 0 fully saturated rings. The maximum Gasteiger partial charge on any atom is 0.146 e. The smallest absolute Gasteiger partial charge is 0.146 e. The SMILES string of the molecule is CC1=C(C=O)CCc2cccc(F)c21. The van der Waals surface area contributed by atoms with Crippen molar-refractivity contribution < 1.29 is 9.18 Å². The molecule has 0 bridgehead atoms. The van der Waals surface area contributed by atoms with Gasteiger partial charge in [0.05, 0.1) is 0 Å². The molecule has 0 saturated heterocycles.